The van der Waals surface area contributed by atoms with Gasteiger partial charge in [-0.2, -0.15) is 0 Å². The van der Waals surface area contributed by atoms with E-state index in [-0.39, 0.29) is 12.6 Å². The summed E-state index contributed by atoms with van der Waals surface area (Å²) in [5, 5.41) is 11.9. The number of ketones is 1. The van der Waals surface area contributed by atoms with Crippen LogP contribution in [0.25, 0.3) is 0 Å². The van der Waals surface area contributed by atoms with Crippen LogP contribution in [0, 0.1) is 0 Å². The van der Waals surface area contributed by atoms with E-state index in [0.717, 1.165) is 51.7 Å². The highest BCUT2D eigenvalue weighted by atomic mass is 16.5. The van der Waals surface area contributed by atoms with E-state index in [4.69, 9.17) is 9.84 Å². The maximum atomic E-state index is 11.9. The lowest BCUT2D eigenvalue weighted by atomic mass is 10.1. The molecule has 0 aromatic carbocycles. The maximum absolute atomic E-state index is 11.9. The predicted octanol–water partition coefficient (Wildman–Crippen LogP) is 2.68. The van der Waals surface area contributed by atoms with E-state index in [1.807, 2.05) is 20.8 Å². The molecule has 4 heteroatoms. The lowest BCUT2D eigenvalue weighted by molar-refractivity contribution is -0.120. The van der Waals surface area contributed by atoms with Crippen LogP contribution in [-0.2, 0) is 9.53 Å². The summed E-state index contributed by atoms with van der Waals surface area (Å²) in [5.74, 6) is 0.303. The molecule has 2 N–H and O–H groups in total. The van der Waals surface area contributed by atoms with Crippen LogP contribution in [-0.4, -0.2) is 42.8 Å². The minimum absolute atomic E-state index is 0.0453. The molecule has 120 valence electrons. The summed E-state index contributed by atoms with van der Waals surface area (Å²) in [6, 6.07) is -0.0453. The summed E-state index contributed by atoms with van der Waals surface area (Å²) in [7, 11) is 0. The van der Waals surface area contributed by atoms with Crippen LogP contribution in [0.3, 0.4) is 0 Å². The number of Topliss-reactive ketones (excluding diaryl/α,β-unsaturated/α-hetero) is 1. The van der Waals surface area contributed by atoms with Gasteiger partial charge in [0.15, 0.2) is 0 Å². The number of hydrogen-bond acceptors (Lipinski definition) is 4. The average molecular weight is 287 g/mol. The van der Waals surface area contributed by atoms with Crippen molar-refractivity contribution in [2.45, 2.75) is 77.9 Å². The number of ether oxygens (including phenoxy) is 1. The van der Waals surface area contributed by atoms with Gasteiger partial charge < -0.3 is 15.2 Å². The predicted molar refractivity (Wildman–Crippen MR) is 83.0 cm³/mol. The number of hydrogen-bond donors (Lipinski definition) is 2. The van der Waals surface area contributed by atoms with Gasteiger partial charge in [-0.15, -0.1) is 0 Å². The molecule has 0 aliphatic carbocycles. The second-order valence-electron chi connectivity index (χ2n) is 5.66. The third kappa shape index (κ3) is 12.6. The Morgan fingerprint density at radius 3 is 2.40 bits per heavy atom. The molecular formula is C16H33NO3. The highest BCUT2D eigenvalue weighted by molar-refractivity contribution is 5.83. The Bertz CT molecular complexity index is 232. The SMILES string of the molecule is CC(C)OCCCCCC(=O)C(C)NCCCCCO. The van der Waals surface area contributed by atoms with E-state index in [1.54, 1.807) is 0 Å². The summed E-state index contributed by atoms with van der Waals surface area (Å²) >= 11 is 0. The Kier molecular flexibility index (Phi) is 13.2. The van der Waals surface area contributed by atoms with Crippen molar-refractivity contribution in [3.8, 4) is 0 Å². The van der Waals surface area contributed by atoms with Gasteiger partial charge in [-0.3, -0.25) is 4.79 Å². The molecule has 0 aliphatic rings. The van der Waals surface area contributed by atoms with E-state index in [1.165, 1.54) is 0 Å². The fourth-order valence-electron chi connectivity index (χ4n) is 1.96. The molecule has 0 saturated carbocycles. The number of carbonyl (C=O) groups excluding carboxylic acids is 1. The van der Waals surface area contributed by atoms with Crippen LogP contribution in [0.2, 0.25) is 0 Å². The Labute approximate surface area is 124 Å². The first kappa shape index (κ1) is 19.6. The van der Waals surface area contributed by atoms with Gasteiger partial charge in [0.1, 0.15) is 5.78 Å². The van der Waals surface area contributed by atoms with Crippen molar-refractivity contribution in [1.29, 1.82) is 0 Å². The van der Waals surface area contributed by atoms with Gasteiger partial charge in [0.2, 0.25) is 0 Å². The molecule has 0 fully saturated rings. The molecule has 0 spiro atoms. The van der Waals surface area contributed by atoms with Crippen molar-refractivity contribution < 1.29 is 14.6 Å². The van der Waals surface area contributed by atoms with Crippen LogP contribution in [0.1, 0.15) is 65.7 Å². The van der Waals surface area contributed by atoms with Crippen LogP contribution in [0.4, 0.5) is 0 Å². The lowest BCUT2D eigenvalue weighted by Crippen LogP contribution is -2.34. The number of aliphatic hydroxyl groups excluding tert-OH is 1. The Morgan fingerprint density at radius 1 is 1.05 bits per heavy atom. The van der Waals surface area contributed by atoms with Crippen LogP contribution >= 0.6 is 0 Å². The van der Waals surface area contributed by atoms with Gasteiger partial charge in [0.25, 0.3) is 0 Å². The molecule has 0 saturated heterocycles. The fourth-order valence-corrected chi connectivity index (χ4v) is 1.96. The highest BCUT2D eigenvalue weighted by Gasteiger charge is 2.11. The zero-order valence-electron chi connectivity index (χ0n) is 13.5. The molecule has 0 amide bonds. The summed E-state index contributed by atoms with van der Waals surface area (Å²) < 4.78 is 5.47. The van der Waals surface area contributed by atoms with Crippen LogP contribution < -0.4 is 5.32 Å². The molecule has 0 rings (SSSR count). The van der Waals surface area contributed by atoms with E-state index >= 15 is 0 Å². The minimum atomic E-state index is -0.0453. The van der Waals surface area contributed by atoms with E-state index < -0.39 is 0 Å². The molecule has 4 nitrogen and oxygen atoms in total. The quantitative estimate of drug-likeness (QED) is 0.482. The van der Waals surface area contributed by atoms with E-state index in [9.17, 15) is 4.79 Å². The highest BCUT2D eigenvalue weighted by Crippen LogP contribution is 2.04. The molecule has 1 unspecified atom stereocenters. The first-order chi connectivity index (χ1) is 9.57. The number of aliphatic hydroxyl groups is 1. The van der Waals surface area contributed by atoms with Crippen molar-refractivity contribution in [3.05, 3.63) is 0 Å². The molecule has 0 aliphatic heterocycles. The van der Waals surface area contributed by atoms with E-state index in [0.29, 0.717) is 18.3 Å². The number of carbonyl (C=O) groups is 1. The van der Waals surface area contributed by atoms with Gasteiger partial charge in [-0.1, -0.05) is 6.42 Å². The summed E-state index contributed by atoms with van der Waals surface area (Å²) in [4.78, 5) is 11.9. The van der Waals surface area contributed by atoms with Gasteiger partial charge in [-0.25, -0.2) is 0 Å². The Balaban J connectivity index is 3.41. The van der Waals surface area contributed by atoms with Crippen molar-refractivity contribution in [2.24, 2.45) is 0 Å². The first-order valence-electron chi connectivity index (χ1n) is 8.06. The first-order valence-corrected chi connectivity index (χ1v) is 8.06. The largest absolute Gasteiger partial charge is 0.396 e. The number of nitrogens with one attached hydrogen (secondary N) is 1. The number of unbranched alkanes of at least 4 members (excludes halogenated alkanes) is 4. The summed E-state index contributed by atoms with van der Waals surface area (Å²) in [6.45, 7) is 7.93. The van der Waals surface area contributed by atoms with Gasteiger partial charge in [0, 0.05) is 19.6 Å². The van der Waals surface area contributed by atoms with Crippen molar-refractivity contribution in [1.82, 2.24) is 5.32 Å². The van der Waals surface area contributed by atoms with Crippen molar-refractivity contribution >= 4 is 5.78 Å². The minimum Gasteiger partial charge on any atom is -0.396 e. The Morgan fingerprint density at radius 2 is 1.75 bits per heavy atom. The Hall–Kier alpha value is -0.450. The average Bonchev–Trinajstić information content (AvgIpc) is 2.41. The normalized spacial score (nSPS) is 12.8. The molecular weight excluding hydrogens is 254 g/mol. The molecule has 0 aromatic rings. The van der Waals surface area contributed by atoms with Crippen molar-refractivity contribution in [2.75, 3.05) is 19.8 Å². The molecule has 0 heterocycles. The second-order valence-corrected chi connectivity index (χ2v) is 5.66. The molecule has 0 bridgehead atoms. The van der Waals surface area contributed by atoms with Gasteiger partial charge >= 0.3 is 0 Å². The zero-order chi connectivity index (χ0) is 15.2. The van der Waals surface area contributed by atoms with Crippen LogP contribution in [0.5, 0.6) is 0 Å². The smallest absolute Gasteiger partial charge is 0.149 e. The molecule has 0 radical (unpaired) electrons. The molecule has 20 heavy (non-hydrogen) atoms. The summed E-state index contributed by atoms with van der Waals surface area (Å²) in [6.07, 6.45) is 6.89. The third-order valence-electron chi connectivity index (χ3n) is 3.29. The topological polar surface area (TPSA) is 58.6 Å². The number of rotatable bonds is 14. The third-order valence-corrected chi connectivity index (χ3v) is 3.29. The summed E-state index contributed by atoms with van der Waals surface area (Å²) in [5.41, 5.74) is 0. The van der Waals surface area contributed by atoms with Gasteiger partial charge in [0.05, 0.1) is 12.1 Å². The second kappa shape index (κ2) is 13.5. The maximum Gasteiger partial charge on any atom is 0.149 e. The van der Waals surface area contributed by atoms with E-state index in [2.05, 4.69) is 5.32 Å². The van der Waals surface area contributed by atoms with Crippen LogP contribution in [0.15, 0.2) is 0 Å². The lowest BCUT2D eigenvalue weighted by Gasteiger charge is -2.12. The molecule has 0 aromatic heterocycles. The van der Waals surface area contributed by atoms with Crippen molar-refractivity contribution in [3.63, 3.8) is 0 Å². The molecule has 1 atom stereocenters. The monoisotopic (exact) mass is 287 g/mol. The standard InChI is InChI=1S/C16H33NO3/c1-14(2)20-13-9-4-6-10-16(19)15(3)17-11-7-5-8-12-18/h14-15,17-18H,4-13H2,1-3H3. The zero-order valence-corrected chi connectivity index (χ0v) is 13.5. The fraction of sp³-hybridized carbons (Fsp3) is 0.938. The van der Waals surface area contributed by atoms with Gasteiger partial charge in [-0.05, 0) is 59.4 Å².